The Balaban J connectivity index is 2.48. The van der Waals surface area contributed by atoms with Crippen molar-refractivity contribution in [3.63, 3.8) is 0 Å². The maximum atomic E-state index is 12.7. The lowest BCUT2D eigenvalue weighted by Gasteiger charge is -2.23. The summed E-state index contributed by atoms with van der Waals surface area (Å²) >= 11 is 0. The molecular formula is C13H19FO2. The SMILES string of the molecule is COCCCC(C)(O)Cc1ccc(F)cc1. The van der Waals surface area contributed by atoms with Gasteiger partial charge >= 0.3 is 0 Å². The van der Waals surface area contributed by atoms with Crippen molar-refractivity contribution in [3.05, 3.63) is 35.6 Å². The Bertz CT molecular complexity index is 306. The fraction of sp³-hybridized carbons (Fsp3) is 0.538. The lowest BCUT2D eigenvalue weighted by molar-refractivity contribution is 0.0409. The van der Waals surface area contributed by atoms with Gasteiger partial charge in [0.15, 0.2) is 0 Å². The molecule has 0 bridgehead atoms. The first-order chi connectivity index (χ1) is 7.53. The molecule has 0 fully saturated rings. The summed E-state index contributed by atoms with van der Waals surface area (Å²) in [6.45, 7) is 2.45. The monoisotopic (exact) mass is 226 g/mol. The predicted molar refractivity (Wildman–Crippen MR) is 61.8 cm³/mol. The lowest BCUT2D eigenvalue weighted by atomic mass is 9.92. The summed E-state index contributed by atoms with van der Waals surface area (Å²) in [5.74, 6) is -0.247. The van der Waals surface area contributed by atoms with E-state index in [2.05, 4.69) is 0 Å². The molecule has 90 valence electrons. The number of halogens is 1. The topological polar surface area (TPSA) is 29.5 Å². The number of rotatable bonds is 6. The molecule has 1 unspecified atom stereocenters. The summed E-state index contributed by atoms with van der Waals surface area (Å²) < 4.78 is 17.6. The highest BCUT2D eigenvalue weighted by molar-refractivity contribution is 5.17. The van der Waals surface area contributed by atoms with E-state index in [1.807, 2.05) is 0 Å². The van der Waals surface area contributed by atoms with Gasteiger partial charge in [0.2, 0.25) is 0 Å². The summed E-state index contributed by atoms with van der Waals surface area (Å²) in [5.41, 5.74) is 0.194. The number of hydrogen-bond donors (Lipinski definition) is 1. The van der Waals surface area contributed by atoms with Crippen LogP contribution in [0.5, 0.6) is 0 Å². The van der Waals surface area contributed by atoms with Gasteiger partial charge in [-0.15, -0.1) is 0 Å². The first-order valence-electron chi connectivity index (χ1n) is 5.49. The molecule has 0 amide bonds. The van der Waals surface area contributed by atoms with Gasteiger partial charge in [-0.1, -0.05) is 12.1 Å². The fourth-order valence-electron chi connectivity index (χ4n) is 1.73. The predicted octanol–water partition coefficient (Wildman–Crippen LogP) is 2.55. The molecule has 0 aromatic heterocycles. The van der Waals surface area contributed by atoms with Crippen molar-refractivity contribution >= 4 is 0 Å². The molecule has 1 aromatic carbocycles. The number of ether oxygens (including phenoxy) is 1. The van der Waals surface area contributed by atoms with Gasteiger partial charge in [0, 0.05) is 20.1 Å². The van der Waals surface area contributed by atoms with E-state index in [-0.39, 0.29) is 5.82 Å². The van der Waals surface area contributed by atoms with Crippen LogP contribution in [-0.4, -0.2) is 24.4 Å². The second-order valence-electron chi connectivity index (χ2n) is 4.40. The summed E-state index contributed by atoms with van der Waals surface area (Å²) in [6.07, 6.45) is 2.04. The highest BCUT2D eigenvalue weighted by atomic mass is 19.1. The van der Waals surface area contributed by atoms with Crippen LogP contribution < -0.4 is 0 Å². The maximum Gasteiger partial charge on any atom is 0.123 e. The highest BCUT2D eigenvalue weighted by Gasteiger charge is 2.20. The van der Waals surface area contributed by atoms with Crippen LogP contribution in [0, 0.1) is 5.82 Å². The highest BCUT2D eigenvalue weighted by Crippen LogP contribution is 2.18. The van der Waals surface area contributed by atoms with Crippen molar-refractivity contribution in [1.29, 1.82) is 0 Å². The molecule has 0 saturated heterocycles. The third kappa shape index (κ3) is 4.73. The molecule has 2 nitrogen and oxygen atoms in total. The molecule has 0 radical (unpaired) electrons. The average Bonchev–Trinajstić information content (AvgIpc) is 2.21. The lowest BCUT2D eigenvalue weighted by Crippen LogP contribution is -2.27. The van der Waals surface area contributed by atoms with Gasteiger partial charge in [-0.25, -0.2) is 4.39 Å². The molecule has 0 heterocycles. The molecule has 0 aliphatic carbocycles. The van der Waals surface area contributed by atoms with Gasteiger partial charge in [0.1, 0.15) is 5.82 Å². The van der Waals surface area contributed by atoms with E-state index in [9.17, 15) is 9.50 Å². The van der Waals surface area contributed by atoms with E-state index in [1.54, 1.807) is 26.2 Å². The van der Waals surface area contributed by atoms with Crippen molar-refractivity contribution in [2.75, 3.05) is 13.7 Å². The van der Waals surface area contributed by atoms with Crippen molar-refractivity contribution in [3.8, 4) is 0 Å². The minimum atomic E-state index is -0.754. The Morgan fingerprint density at radius 3 is 2.50 bits per heavy atom. The zero-order valence-electron chi connectivity index (χ0n) is 9.87. The van der Waals surface area contributed by atoms with Gasteiger partial charge in [0.25, 0.3) is 0 Å². The molecule has 1 aromatic rings. The van der Waals surface area contributed by atoms with E-state index >= 15 is 0 Å². The summed E-state index contributed by atoms with van der Waals surface area (Å²) in [4.78, 5) is 0. The molecule has 0 spiro atoms. The Hall–Kier alpha value is -0.930. The largest absolute Gasteiger partial charge is 0.390 e. The first-order valence-corrected chi connectivity index (χ1v) is 5.49. The van der Waals surface area contributed by atoms with E-state index in [0.717, 1.165) is 12.0 Å². The normalized spacial score (nSPS) is 14.8. The summed E-state index contributed by atoms with van der Waals surface area (Å²) in [5, 5.41) is 10.1. The molecular weight excluding hydrogens is 207 g/mol. The Morgan fingerprint density at radius 1 is 1.31 bits per heavy atom. The molecule has 0 aliphatic rings. The molecule has 16 heavy (non-hydrogen) atoms. The van der Waals surface area contributed by atoms with Crippen molar-refractivity contribution in [2.24, 2.45) is 0 Å². The first kappa shape index (κ1) is 13.1. The minimum Gasteiger partial charge on any atom is -0.390 e. The molecule has 1 rings (SSSR count). The van der Waals surface area contributed by atoms with Gasteiger partial charge in [-0.3, -0.25) is 0 Å². The third-order valence-corrected chi connectivity index (χ3v) is 2.56. The van der Waals surface area contributed by atoms with Gasteiger partial charge < -0.3 is 9.84 Å². The number of aliphatic hydroxyl groups is 1. The van der Waals surface area contributed by atoms with Crippen LogP contribution in [0.4, 0.5) is 4.39 Å². The van der Waals surface area contributed by atoms with Crippen LogP contribution >= 0.6 is 0 Å². The molecule has 0 aliphatic heterocycles. The van der Waals surface area contributed by atoms with Gasteiger partial charge in [-0.2, -0.15) is 0 Å². The van der Waals surface area contributed by atoms with E-state index in [4.69, 9.17) is 4.74 Å². The standard InChI is InChI=1S/C13H19FO2/c1-13(15,8-3-9-16-2)10-11-4-6-12(14)7-5-11/h4-7,15H,3,8-10H2,1-2H3. The fourth-order valence-corrected chi connectivity index (χ4v) is 1.73. The minimum absolute atomic E-state index is 0.247. The van der Waals surface area contributed by atoms with Crippen molar-refractivity contribution < 1.29 is 14.2 Å². The quantitative estimate of drug-likeness (QED) is 0.755. The smallest absolute Gasteiger partial charge is 0.123 e. The van der Waals surface area contributed by atoms with Crippen molar-refractivity contribution in [2.45, 2.75) is 31.8 Å². The molecule has 1 atom stereocenters. The summed E-state index contributed by atoms with van der Waals surface area (Å²) in [7, 11) is 1.65. The second kappa shape index (κ2) is 5.97. The Kier molecular flexibility index (Phi) is 4.90. The molecule has 3 heteroatoms. The van der Waals surface area contributed by atoms with Crippen LogP contribution in [0.3, 0.4) is 0 Å². The zero-order chi connectivity index (χ0) is 12.0. The zero-order valence-corrected chi connectivity index (χ0v) is 9.87. The number of methoxy groups -OCH3 is 1. The Labute approximate surface area is 96.1 Å². The van der Waals surface area contributed by atoms with Crippen LogP contribution in [-0.2, 0) is 11.2 Å². The maximum absolute atomic E-state index is 12.7. The van der Waals surface area contributed by atoms with Crippen molar-refractivity contribution in [1.82, 2.24) is 0 Å². The van der Waals surface area contributed by atoms with Crippen LogP contribution in [0.2, 0.25) is 0 Å². The second-order valence-corrected chi connectivity index (χ2v) is 4.40. The number of benzene rings is 1. The molecule has 1 N–H and O–H groups in total. The van der Waals surface area contributed by atoms with Crippen LogP contribution in [0.25, 0.3) is 0 Å². The average molecular weight is 226 g/mol. The van der Waals surface area contributed by atoms with Gasteiger partial charge in [-0.05, 0) is 37.5 Å². The molecule has 0 saturated carbocycles. The Morgan fingerprint density at radius 2 is 1.94 bits per heavy atom. The van der Waals surface area contributed by atoms with E-state index in [0.29, 0.717) is 19.4 Å². The van der Waals surface area contributed by atoms with Gasteiger partial charge in [0.05, 0.1) is 5.60 Å². The van der Waals surface area contributed by atoms with E-state index < -0.39 is 5.60 Å². The summed E-state index contributed by atoms with van der Waals surface area (Å²) in [6, 6.07) is 6.25. The van der Waals surface area contributed by atoms with E-state index in [1.165, 1.54) is 12.1 Å². The third-order valence-electron chi connectivity index (χ3n) is 2.56. The van der Waals surface area contributed by atoms with Crippen LogP contribution in [0.1, 0.15) is 25.3 Å². The number of hydrogen-bond acceptors (Lipinski definition) is 2. The van der Waals surface area contributed by atoms with Crippen LogP contribution in [0.15, 0.2) is 24.3 Å².